The van der Waals surface area contributed by atoms with E-state index in [4.69, 9.17) is 5.26 Å². The summed E-state index contributed by atoms with van der Waals surface area (Å²) in [6.07, 6.45) is 0. The number of anilines is 2. The Morgan fingerprint density at radius 3 is 2.68 bits per heavy atom. The second-order valence-electron chi connectivity index (χ2n) is 6.44. The van der Waals surface area contributed by atoms with Crippen molar-refractivity contribution >= 4 is 17.3 Å². The zero-order valence-corrected chi connectivity index (χ0v) is 14.5. The summed E-state index contributed by atoms with van der Waals surface area (Å²) in [5.41, 5.74) is 3.82. The van der Waals surface area contributed by atoms with Crippen molar-refractivity contribution in [1.82, 2.24) is 0 Å². The number of para-hydroxylation sites is 1. The quantitative estimate of drug-likeness (QED) is 0.883. The molecule has 0 unspecified atom stereocenters. The Bertz CT molecular complexity index is 788. The third kappa shape index (κ3) is 4.37. The fourth-order valence-corrected chi connectivity index (χ4v) is 3.26. The van der Waals surface area contributed by atoms with Crippen molar-refractivity contribution in [2.45, 2.75) is 6.92 Å². The number of carbonyl (C=O) groups is 1. The van der Waals surface area contributed by atoms with Gasteiger partial charge in [-0.3, -0.25) is 4.79 Å². The summed E-state index contributed by atoms with van der Waals surface area (Å²) >= 11 is 0. The van der Waals surface area contributed by atoms with Gasteiger partial charge in [0.1, 0.15) is 0 Å². The van der Waals surface area contributed by atoms with Gasteiger partial charge in [-0.15, -0.1) is 0 Å². The minimum absolute atomic E-state index is 0.00516. The molecule has 0 bridgehead atoms. The number of carbonyl (C=O) groups excluding carboxylic acids is 1. The van der Waals surface area contributed by atoms with Crippen molar-refractivity contribution in [1.29, 1.82) is 5.26 Å². The molecule has 1 aliphatic heterocycles. The first-order chi connectivity index (χ1) is 12.2. The lowest BCUT2D eigenvalue weighted by Gasteiger charge is -2.34. The number of nitriles is 1. The van der Waals surface area contributed by atoms with Crippen LogP contribution in [0, 0.1) is 18.3 Å². The van der Waals surface area contributed by atoms with Gasteiger partial charge in [0.05, 0.1) is 37.8 Å². The number of hydrogen-bond acceptors (Lipinski definition) is 3. The monoisotopic (exact) mass is 335 g/mol. The number of benzene rings is 2. The highest BCUT2D eigenvalue weighted by Crippen LogP contribution is 2.18. The van der Waals surface area contributed by atoms with Crippen molar-refractivity contribution in [3.05, 3.63) is 59.7 Å². The summed E-state index contributed by atoms with van der Waals surface area (Å²) in [6.45, 7) is 6.39. The summed E-state index contributed by atoms with van der Waals surface area (Å²) in [5, 5.41) is 11.8. The number of nitrogens with one attached hydrogen (secondary N) is 2. The van der Waals surface area contributed by atoms with Crippen molar-refractivity contribution in [2.24, 2.45) is 0 Å². The molecule has 2 N–H and O–H groups in total. The average molecular weight is 335 g/mol. The standard InChI is InChI=1S/C20H22N4O/c1-16-5-2-3-8-19(16)24-11-9-23(10-12-24)15-20(25)22-18-7-4-6-17(13-18)14-21/h2-8,13H,9-12,15H2,1H3,(H,22,25)/p+1. The minimum Gasteiger partial charge on any atom is -0.360 e. The summed E-state index contributed by atoms with van der Waals surface area (Å²) in [4.78, 5) is 15.9. The van der Waals surface area contributed by atoms with Crippen molar-refractivity contribution in [2.75, 3.05) is 42.9 Å². The summed E-state index contributed by atoms with van der Waals surface area (Å²) in [5.74, 6) is -0.00516. The minimum atomic E-state index is -0.00516. The van der Waals surface area contributed by atoms with E-state index >= 15 is 0 Å². The van der Waals surface area contributed by atoms with Gasteiger partial charge in [-0.1, -0.05) is 24.3 Å². The Kier molecular flexibility index (Phi) is 5.32. The Labute approximate surface area is 148 Å². The first kappa shape index (κ1) is 17.0. The van der Waals surface area contributed by atoms with Gasteiger partial charge in [0, 0.05) is 11.4 Å². The Balaban J connectivity index is 1.51. The number of piperazine rings is 1. The van der Waals surface area contributed by atoms with Crippen LogP contribution >= 0.6 is 0 Å². The zero-order chi connectivity index (χ0) is 17.6. The number of quaternary nitrogens is 1. The van der Waals surface area contributed by atoms with Gasteiger partial charge in [0.25, 0.3) is 5.91 Å². The molecule has 1 saturated heterocycles. The number of hydrogen-bond donors (Lipinski definition) is 2. The van der Waals surface area contributed by atoms with Crippen LogP contribution in [0.2, 0.25) is 0 Å². The second-order valence-corrected chi connectivity index (χ2v) is 6.44. The van der Waals surface area contributed by atoms with E-state index in [0.29, 0.717) is 17.8 Å². The van der Waals surface area contributed by atoms with Gasteiger partial charge in [-0.05, 0) is 36.8 Å². The van der Waals surface area contributed by atoms with Gasteiger partial charge in [0.2, 0.25) is 0 Å². The summed E-state index contributed by atoms with van der Waals surface area (Å²) in [6, 6.07) is 17.5. The van der Waals surface area contributed by atoms with Crippen molar-refractivity contribution < 1.29 is 9.69 Å². The molecular formula is C20H23N4O+. The van der Waals surface area contributed by atoms with Gasteiger partial charge < -0.3 is 15.1 Å². The summed E-state index contributed by atoms with van der Waals surface area (Å²) < 4.78 is 0. The van der Waals surface area contributed by atoms with Crippen LogP contribution in [0.1, 0.15) is 11.1 Å². The Morgan fingerprint density at radius 1 is 1.20 bits per heavy atom. The van der Waals surface area contributed by atoms with Crippen LogP contribution in [0.25, 0.3) is 0 Å². The van der Waals surface area contributed by atoms with Crippen LogP contribution in [0.3, 0.4) is 0 Å². The molecule has 0 spiro atoms. The van der Waals surface area contributed by atoms with E-state index < -0.39 is 0 Å². The molecule has 1 heterocycles. The Morgan fingerprint density at radius 2 is 1.96 bits per heavy atom. The van der Waals surface area contributed by atoms with Gasteiger partial charge >= 0.3 is 0 Å². The molecule has 0 saturated carbocycles. The number of aryl methyl sites for hydroxylation is 1. The molecule has 5 heteroatoms. The van der Waals surface area contributed by atoms with Gasteiger partial charge in [-0.25, -0.2) is 0 Å². The zero-order valence-electron chi connectivity index (χ0n) is 14.5. The van der Waals surface area contributed by atoms with Crippen molar-refractivity contribution in [3.63, 3.8) is 0 Å². The first-order valence-corrected chi connectivity index (χ1v) is 8.60. The molecule has 0 aliphatic carbocycles. The predicted molar refractivity (Wildman–Crippen MR) is 98.7 cm³/mol. The maximum Gasteiger partial charge on any atom is 0.279 e. The maximum atomic E-state index is 12.3. The predicted octanol–water partition coefficient (Wildman–Crippen LogP) is 1.21. The molecule has 1 fully saturated rings. The van der Waals surface area contributed by atoms with E-state index in [1.807, 2.05) is 6.07 Å². The van der Waals surface area contributed by atoms with Crippen LogP contribution in [-0.4, -0.2) is 38.6 Å². The fourth-order valence-electron chi connectivity index (χ4n) is 3.26. The lowest BCUT2D eigenvalue weighted by molar-refractivity contribution is -0.892. The van der Waals surface area contributed by atoms with E-state index in [1.165, 1.54) is 16.2 Å². The van der Waals surface area contributed by atoms with E-state index in [1.54, 1.807) is 18.2 Å². The van der Waals surface area contributed by atoms with E-state index in [0.717, 1.165) is 26.2 Å². The smallest absolute Gasteiger partial charge is 0.279 e. The van der Waals surface area contributed by atoms with E-state index in [-0.39, 0.29) is 5.91 Å². The number of rotatable bonds is 4. The topological polar surface area (TPSA) is 60.6 Å². The molecule has 0 atom stereocenters. The van der Waals surface area contributed by atoms with Crippen LogP contribution < -0.4 is 15.1 Å². The second kappa shape index (κ2) is 7.82. The number of nitrogens with zero attached hydrogens (tertiary/aromatic N) is 2. The highest BCUT2D eigenvalue weighted by atomic mass is 16.2. The molecule has 1 amide bonds. The molecule has 0 radical (unpaired) electrons. The average Bonchev–Trinajstić information content (AvgIpc) is 2.63. The molecule has 3 rings (SSSR count). The third-order valence-corrected chi connectivity index (χ3v) is 4.61. The highest BCUT2D eigenvalue weighted by Gasteiger charge is 2.23. The SMILES string of the molecule is Cc1ccccc1N1CC[NH+](CC(=O)Nc2cccc(C#N)c2)CC1. The molecular weight excluding hydrogens is 312 g/mol. The lowest BCUT2D eigenvalue weighted by Crippen LogP contribution is -3.15. The van der Waals surface area contributed by atoms with Crippen LogP contribution in [0.15, 0.2) is 48.5 Å². The molecule has 128 valence electrons. The summed E-state index contributed by atoms with van der Waals surface area (Å²) in [7, 11) is 0. The molecule has 0 aromatic heterocycles. The molecule has 2 aromatic carbocycles. The lowest BCUT2D eigenvalue weighted by atomic mass is 10.1. The van der Waals surface area contributed by atoms with E-state index in [2.05, 4.69) is 47.5 Å². The first-order valence-electron chi connectivity index (χ1n) is 8.60. The highest BCUT2D eigenvalue weighted by molar-refractivity contribution is 5.91. The van der Waals surface area contributed by atoms with Gasteiger partial charge in [-0.2, -0.15) is 5.26 Å². The molecule has 1 aliphatic rings. The maximum absolute atomic E-state index is 12.3. The van der Waals surface area contributed by atoms with Crippen LogP contribution in [-0.2, 0) is 4.79 Å². The fraction of sp³-hybridized carbons (Fsp3) is 0.300. The van der Waals surface area contributed by atoms with Gasteiger partial charge in [0.15, 0.2) is 6.54 Å². The van der Waals surface area contributed by atoms with Crippen LogP contribution in [0.4, 0.5) is 11.4 Å². The number of amides is 1. The van der Waals surface area contributed by atoms with Crippen molar-refractivity contribution in [3.8, 4) is 6.07 Å². The molecule has 25 heavy (non-hydrogen) atoms. The normalized spacial score (nSPS) is 14.8. The third-order valence-electron chi connectivity index (χ3n) is 4.61. The Hall–Kier alpha value is -2.84. The molecule has 2 aromatic rings. The van der Waals surface area contributed by atoms with E-state index in [9.17, 15) is 4.79 Å². The largest absolute Gasteiger partial charge is 0.360 e. The van der Waals surface area contributed by atoms with Crippen LogP contribution in [0.5, 0.6) is 0 Å². The molecule has 5 nitrogen and oxygen atoms in total.